The predicted molar refractivity (Wildman–Crippen MR) is 230 cm³/mol. The van der Waals surface area contributed by atoms with E-state index in [4.69, 9.17) is 36.6 Å². The molecule has 1 aromatic heterocycles. The first-order valence-electron chi connectivity index (χ1n) is 20.7. The topological polar surface area (TPSA) is 174 Å². The Morgan fingerprint density at radius 1 is 1.10 bits per heavy atom. The number of carbonyl (C=O) groups excluding carboxylic acids is 3. The van der Waals surface area contributed by atoms with E-state index in [0.29, 0.717) is 37.5 Å². The van der Waals surface area contributed by atoms with E-state index in [1.54, 1.807) is 4.68 Å². The summed E-state index contributed by atoms with van der Waals surface area (Å²) in [6.07, 6.45) is 2.68. The number of anilines is 2. The zero-order chi connectivity index (χ0) is 43.7. The van der Waals surface area contributed by atoms with Crippen LogP contribution in [0.3, 0.4) is 0 Å². The maximum Gasteiger partial charge on any atom is 0.329 e. The van der Waals surface area contributed by atoms with Crippen LogP contribution in [-0.2, 0) is 22.2 Å². The number of aliphatic hydroxyl groups excluding tert-OH is 1. The summed E-state index contributed by atoms with van der Waals surface area (Å²) in [6, 6.07) is 18.6. The smallest absolute Gasteiger partial charge is 0.329 e. The number of amides is 4. The van der Waals surface area contributed by atoms with Gasteiger partial charge in [-0.3, -0.25) is 24.5 Å². The monoisotopic (exact) mass is 871 g/mol. The predicted octanol–water partition coefficient (Wildman–Crippen LogP) is 6.14. The first kappa shape index (κ1) is 42.9. The van der Waals surface area contributed by atoms with Gasteiger partial charge in [0.25, 0.3) is 0 Å². The minimum absolute atomic E-state index is 0.0229. The van der Waals surface area contributed by atoms with Crippen LogP contribution in [0, 0.1) is 11.6 Å². The number of hydrogen-bond donors (Lipinski definition) is 4. The van der Waals surface area contributed by atoms with E-state index in [2.05, 4.69) is 21.6 Å². The summed E-state index contributed by atoms with van der Waals surface area (Å²) in [6.45, 7) is 4.37. The number of imide groups is 1. The van der Waals surface area contributed by atoms with Crippen LogP contribution in [0.4, 0.5) is 25.1 Å². The Kier molecular flexibility index (Phi) is 12.4. The van der Waals surface area contributed by atoms with Gasteiger partial charge in [-0.1, -0.05) is 54.9 Å². The first-order chi connectivity index (χ1) is 29.9. The highest BCUT2D eigenvalue weighted by atomic mass is 35.5. The Labute approximate surface area is 361 Å². The molecule has 5 aromatic rings. The number of hydrogen-bond acceptors (Lipinski definition) is 10. The second kappa shape index (κ2) is 17.9. The number of aliphatic hydroxyl groups is 1. The van der Waals surface area contributed by atoms with Crippen molar-refractivity contribution in [2.75, 3.05) is 62.3 Å². The van der Waals surface area contributed by atoms with Gasteiger partial charge in [-0.15, -0.1) is 0 Å². The van der Waals surface area contributed by atoms with Crippen LogP contribution in [0.2, 0.25) is 5.02 Å². The van der Waals surface area contributed by atoms with Gasteiger partial charge in [0, 0.05) is 80.3 Å². The molecule has 326 valence electrons. The Bertz CT molecular complexity index is 2520. The largest absolute Gasteiger partial charge is 0.488 e. The van der Waals surface area contributed by atoms with Gasteiger partial charge in [0.15, 0.2) is 23.0 Å². The lowest BCUT2D eigenvalue weighted by Crippen LogP contribution is -2.49. The Morgan fingerprint density at radius 3 is 2.66 bits per heavy atom. The SMILES string of the molecule is CC1c2c(cc(F)c(Cl)c2-c2c(C(N)=O)ccc(OCCO)c2F)OC1(CNCCCOC1CCCN(c2cccc3c(N4CCC(=O)NC4=O)nn(C)c23)C1)c1ccccc1. The molecule has 0 bridgehead atoms. The molecule has 0 aliphatic carbocycles. The Morgan fingerprint density at radius 2 is 1.90 bits per heavy atom. The fourth-order valence-corrected chi connectivity index (χ4v) is 9.27. The van der Waals surface area contributed by atoms with Crippen molar-refractivity contribution in [1.82, 2.24) is 20.4 Å². The van der Waals surface area contributed by atoms with Gasteiger partial charge in [0.2, 0.25) is 11.8 Å². The van der Waals surface area contributed by atoms with Gasteiger partial charge in [0.1, 0.15) is 18.2 Å². The zero-order valence-electron chi connectivity index (χ0n) is 34.4. The third kappa shape index (κ3) is 7.91. The minimum Gasteiger partial charge on any atom is -0.488 e. The van der Waals surface area contributed by atoms with Crippen molar-refractivity contribution in [1.29, 1.82) is 0 Å². The quantitative estimate of drug-likeness (QED) is 0.0895. The average molecular weight is 872 g/mol. The molecule has 14 nitrogen and oxygen atoms in total. The number of piperidine rings is 1. The van der Waals surface area contributed by atoms with E-state index < -0.39 is 40.1 Å². The number of halogens is 3. The van der Waals surface area contributed by atoms with Gasteiger partial charge in [-0.2, -0.15) is 5.10 Å². The molecular weight excluding hydrogens is 824 g/mol. The number of aromatic nitrogens is 2. The molecule has 3 aliphatic rings. The number of nitrogens with one attached hydrogen (secondary N) is 2. The third-order valence-electron chi connectivity index (χ3n) is 12.0. The van der Waals surface area contributed by atoms with E-state index in [9.17, 15) is 19.5 Å². The van der Waals surface area contributed by atoms with Gasteiger partial charge in [0.05, 0.1) is 34.5 Å². The number of fused-ring (bicyclic) bond motifs is 2. The second-order valence-electron chi connectivity index (χ2n) is 15.8. The molecule has 3 aliphatic heterocycles. The number of benzene rings is 4. The van der Waals surface area contributed by atoms with E-state index >= 15 is 8.78 Å². The third-order valence-corrected chi connectivity index (χ3v) is 12.3. The standard InChI is InChI=1S/C45H48ClF2N7O7/c1-26-36-34(23-31(47)39(46)38(36)37-29(42(49)58)14-15-33(40(37)48)61-22-20-56)62-45(26,27-9-4-3-5-10-27)25-50-17-8-21-60-28-11-7-18-54(24-28)32-13-6-12-30-41(32)53(2)52-43(30)55-19-16-35(57)51-44(55)59/h3-6,9-10,12-15,23,26,28,50,56H,7-8,11,16-22,24-25H2,1-2H3,(H2,49,58)(H,51,57,59). The molecule has 2 saturated heterocycles. The molecule has 62 heavy (non-hydrogen) atoms. The van der Waals surface area contributed by atoms with E-state index in [-0.39, 0.29) is 72.9 Å². The van der Waals surface area contributed by atoms with Crippen LogP contribution >= 0.6 is 11.6 Å². The molecule has 8 rings (SSSR count). The highest BCUT2D eigenvalue weighted by Crippen LogP contribution is 2.56. The lowest BCUT2D eigenvalue weighted by Gasteiger charge is -2.35. The number of carbonyl (C=O) groups is 3. The summed E-state index contributed by atoms with van der Waals surface area (Å²) in [4.78, 5) is 41.0. The first-order valence-corrected chi connectivity index (χ1v) is 21.1. The number of ether oxygens (including phenoxy) is 3. The minimum atomic E-state index is -1.10. The van der Waals surface area contributed by atoms with Crippen LogP contribution in [0.25, 0.3) is 22.0 Å². The molecule has 4 aromatic carbocycles. The number of urea groups is 1. The maximum absolute atomic E-state index is 16.4. The fraction of sp³-hybridized carbons (Fsp3) is 0.378. The van der Waals surface area contributed by atoms with E-state index in [1.165, 1.54) is 23.1 Å². The Hall–Kier alpha value is -5.81. The summed E-state index contributed by atoms with van der Waals surface area (Å²) in [5.41, 5.74) is 7.11. The lowest BCUT2D eigenvalue weighted by atomic mass is 9.77. The lowest BCUT2D eigenvalue weighted by molar-refractivity contribution is -0.120. The highest BCUT2D eigenvalue weighted by molar-refractivity contribution is 6.34. The molecular formula is C45H48ClF2N7O7. The molecule has 0 saturated carbocycles. The van der Waals surface area contributed by atoms with Gasteiger partial charge >= 0.3 is 6.03 Å². The average Bonchev–Trinajstić information content (AvgIpc) is 3.75. The zero-order valence-corrected chi connectivity index (χ0v) is 35.1. The number of nitrogens with zero attached hydrogens (tertiary/aromatic N) is 4. The van der Waals surface area contributed by atoms with Crippen molar-refractivity contribution in [2.45, 2.75) is 50.2 Å². The van der Waals surface area contributed by atoms with Gasteiger partial charge in [-0.05, 0) is 55.6 Å². The summed E-state index contributed by atoms with van der Waals surface area (Å²) < 4.78 is 52.5. The van der Waals surface area contributed by atoms with Crippen molar-refractivity contribution >= 4 is 51.9 Å². The van der Waals surface area contributed by atoms with Crippen LogP contribution in [0.5, 0.6) is 11.5 Å². The number of primary amides is 1. The van der Waals surface area contributed by atoms with Gasteiger partial charge in [-0.25, -0.2) is 13.6 Å². The molecule has 5 N–H and O–H groups in total. The summed E-state index contributed by atoms with van der Waals surface area (Å²) in [5, 5.41) is 20.4. The van der Waals surface area contributed by atoms with Crippen molar-refractivity contribution in [3.05, 3.63) is 100 Å². The van der Waals surface area contributed by atoms with Crippen LogP contribution in [0.1, 0.15) is 60.0 Å². The normalized spacial score (nSPS) is 20.0. The van der Waals surface area contributed by atoms with E-state index in [1.807, 2.05) is 56.4 Å². The van der Waals surface area contributed by atoms with Crippen molar-refractivity contribution in [3.8, 4) is 22.6 Å². The molecule has 3 unspecified atom stereocenters. The van der Waals surface area contributed by atoms with E-state index in [0.717, 1.165) is 41.5 Å². The van der Waals surface area contributed by atoms with Crippen molar-refractivity contribution in [3.63, 3.8) is 0 Å². The fourth-order valence-electron chi connectivity index (χ4n) is 9.02. The number of aryl methyl sites for hydroxylation is 1. The molecule has 17 heteroatoms. The summed E-state index contributed by atoms with van der Waals surface area (Å²) >= 11 is 6.67. The summed E-state index contributed by atoms with van der Waals surface area (Å²) in [7, 11) is 1.85. The highest BCUT2D eigenvalue weighted by Gasteiger charge is 2.50. The van der Waals surface area contributed by atoms with Crippen LogP contribution in [-0.4, -0.2) is 91.4 Å². The molecule has 0 spiro atoms. The molecule has 4 amide bonds. The molecule has 0 radical (unpaired) electrons. The molecule has 3 atom stereocenters. The summed E-state index contributed by atoms with van der Waals surface area (Å²) in [5.74, 6) is -3.24. The number of para-hydroxylation sites is 1. The number of nitrogens with two attached hydrogens (primary N) is 1. The van der Waals surface area contributed by atoms with Crippen LogP contribution < -0.4 is 35.6 Å². The second-order valence-corrected chi connectivity index (χ2v) is 16.1. The molecule has 2 fully saturated rings. The molecule has 4 heterocycles. The van der Waals surface area contributed by atoms with Gasteiger partial charge < -0.3 is 35.3 Å². The van der Waals surface area contributed by atoms with Crippen molar-refractivity contribution < 1.29 is 42.5 Å². The van der Waals surface area contributed by atoms with Crippen molar-refractivity contribution in [2.24, 2.45) is 12.8 Å². The maximum atomic E-state index is 16.4. The Balaban J connectivity index is 0.964. The number of rotatable bonds is 15. The van der Waals surface area contributed by atoms with Crippen LogP contribution in [0.15, 0.2) is 66.7 Å².